The highest BCUT2D eigenvalue weighted by atomic mass is 16.5. The maximum Gasteiger partial charge on any atom is 0.229 e. The van der Waals surface area contributed by atoms with Crippen LogP contribution in [0.1, 0.15) is 37.7 Å². The van der Waals surface area contributed by atoms with Crippen LogP contribution >= 0.6 is 0 Å². The molecule has 4 nitrogen and oxygen atoms in total. The number of hydrogen-bond acceptors (Lipinski definition) is 3. The Morgan fingerprint density at radius 2 is 1.64 bits per heavy atom. The number of piperidine rings is 1. The predicted octanol–water partition coefficient (Wildman–Crippen LogP) is 3.93. The van der Waals surface area contributed by atoms with Crippen LogP contribution in [-0.2, 0) is 16.1 Å². The Morgan fingerprint density at radius 3 is 2.32 bits per heavy atom. The molecule has 1 aliphatic heterocycles. The van der Waals surface area contributed by atoms with Gasteiger partial charge in [-0.25, -0.2) is 0 Å². The SMILES string of the molecule is O=C1CCCC(=O)N1Cc1cccc(-c2ccc(OC3CC3)cc2)c1. The molecule has 4 rings (SSSR count). The van der Waals surface area contributed by atoms with Crippen molar-refractivity contribution >= 4 is 11.8 Å². The number of benzene rings is 2. The maximum atomic E-state index is 12.0. The summed E-state index contributed by atoms with van der Waals surface area (Å²) in [4.78, 5) is 25.4. The smallest absolute Gasteiger partial charge is 0.229 e. The number of ether oxygens (including phenoxy) is 1. The van der Waals surface area contributed by atoms with E-state index in [2.05, 4.69) is 0 Å². The van der Waals surface area contributed by atoms with E-state index in [9.17, 15) is 9.59 Å². The molecule has 1 heterocycles. The van der Waals surface area contributed by atoms with Crippen LogP contribution in [0.5, 0.6) is 5.75 Å². The lowest BCUT2D eigenvalue weighted by Crippen LogP contribution is -2.39. The highest BCUT2D eigenvalue weighted by Gasteiger charge is 2.26. The van der Waals surface area contributed by atoms with Crippen molar-refractivity contribution < 1.29 is 14.3 Å². The minimum Gasteiger partial charge on any atom is -0.490 e. The molecule has 25 heavy (non-hydrogen) atoms. The van der Waals surface area contributed by atoms with E-state index in [1.54, 1.807) is 0 Å². The van der Waals surface area contributed by atoms with Crippen molar-refractivity contribution in [3.63, 3.8) is 0 Å². The second-order valence-corrected chi connectivity index (χ2v) is 6.77. The molecule has 4 heteroatoms. The van der Waals surface area contributed by atoms with Crippen molar-refractivity contribution in [1.29, 1.82) is 0 Å². The van der Waals surface area contributed by atoms with Gasteiger partial charge in [0.2, 0.25) is 11.8 Å². The van der Waals surface area contributed by atoms with Gasteiger partial charge in [0.15, 0.2) is 0 Å². The summed E-state index contributed by atoms with van der Waals surface area (Å²) in [5, 5.41) is 0. The van der Waals surface area contributed by atoms with Crippen molar-refractivity contribution in [2.75, 3.05) is 0 Å². The zero-order valence-corrected chi connectivity index (χ0v) is 14.1. The molecule has 0 bridgehead atoms. The highest BCUT2D eigenvalue weighted by molar-refractivity contribution is 5.97. The molecule has 2 fully saturated rings. The number of amides is 2. The van der Waals surface area contributed by atoms with Crippen LogP contribution in [0.3, 0.4) is 0 Å². The summed E-state index contributed by atoms with van der Waals surface area (Å²) in [6.07, 6.45) is 4.30. The number of imide groups is 1. The van der Waals surface area contributed by atoms with Crippen molar-refractivity contribution in [2.45, 2.75) is 44.8 Å². The van der Waals surface area contributed by atoms with Gasteiger partial charge in [0.1, 0.15) is 5.75 Å². The molecule has 2 amide bonds. The van der Waals surface area contributed by atoms with E-state index in [4.69, 9.17) is 4.74 Å². The van der Waals surface area contributed by atoms with Crippen molar-refractivity contribution in [3.8, 4) is 16.9 Å². The summed E-state index contributed by atoms with van der Waals surface area (Å²) in [5.41, 5.74) is 3.15. The van der Waals surface area contributed by atoms with Gasteiger partial charge in [-0.2, -0.15) is 0 Å². The third-order valence-electron chi connectivity index (χ3n) is 4.67. The first kappa shape index (κ1) is 15.9. The van der Waals surface area contributed by atoms with Gasteiger partial charge in [-0.15, -0.1) is 0 Å². The Kier molecular flexibility index (Phi) is 4.26. The first-order chi connectivity index (χ1) is 12.2. The molecule has 0 unspecified atom stereocenters. The van der Waals surface area contributed by atoms with Gasteiger partial charge in [-0.1, -0.05) is 30.3 Å². The van der Waals surface area contributed by atoms with E-state index in [0.29, 0.717) is 31.9 Å². The fourth-order valence-electron chi connectivity index (χ4n) is 3.11. The Morgan fingerprint density at radius 1 is 0.920 bits per heavy atom. The molecule has 0 N–H and O–H groups in total. The normalized spacial score (nSPS) is 17.7. The molecule has 0 radical (unpaired) electrons. The number of hydrogen-bond donors (Lipinski definition) is 0. The van der Waals surface area contributed by atoms with Crippen molar-refractivity contribution in [1.82, 2.24) is 4.90 Å². The quantitative estimate of drug-likeness (QED) is 0.778. The number of rotatable bonds is 5. The van der Waals surface area contributed by atoms with Crippen molar-refractivity contribution in [2.24, 2.45) is 0 Å². The van der Waals surface area contributed by atoms with E-state index < -0.39 is 0 Å². The Balaban J connectivity index is 1.50. The average molecular weight is 335 g/mol. The fourth-order valence-corrected chi connectivity index (χ4v) is 3.11. The van der Waals surface area contributed by atoms with Crippen LogP contribution < -0.4 is 4.74 Å². The molecular formula is C21H21NO3. The summed E-state index contributed by atoms with van der Waals surface area (Å²) in [7, 11) is 0. The highest BCUT2D eigenvalue weighted by Crippen LogP contribution is 2.29. The monoisotopic (exact) mass is 335 g/mol. The Labute approximate surface area is 147 Å². The third-order valence-corrected chi connectivity index (χ3v) is 4.67. The summed E-state index contributed by atoms with van der Waals surface area (Å²) < 4.78 is 5.78. The lowest BCUT2D eigenvalue weighted by atomic mass is 10.0. The van der Waals surface area contributed by atoms with Gasteiger partial charge >= 0.3 is 0 Å². The van der Waals surface area contributed by atoms with Crippen LogP contribution in [0.2, 0.25) is 0 Å². The van der Waals surface area contributed by atoms with Crippen LogP contribution in [-0.4, -0.2) is 22.8 Å². The Bertz CT molecular complexity index is 777. The van der Waals surface area contributed by atoms with Crippen LogP contribution in [0.15, 0.2) is 48.5 Å². The molecular weight excluding hydrogens is 314 g/mol. The summed E-state index contributed by atoms with van der Waals surface area (Å²) >= 11 is 0. The second kappa shape index (κ2) is 6.71. The third kappa shape index (κ3) is 3.73. The van der Waals surface area contributed by atoms with Gasteiger partial charge in [0, 0.05) is 12.8 Å². The largest absolute Gasteiger partial charge is 0.490 e. The standard InChI is InChI=1S/C21H21NO3/c23-20-5-2-6-21(24)22(20)14-15-3-1-4-17(13-15)16-7-9-18(10-8-16)25-19-11-12-19/h1,3-4,7-10,13,19H,2,5-6,11-12,14H2. The van der Waals surface area contributed by atoms with Crippen LogP contribution in [0.25, 0.3) is 11.1 Å². The number of carbonyl (C=O) groups excluding carboxylic acids is 2. The number of likely N-dealkylation sites (tertiary alicyclic amines) is 1. The average Bonchev–Trinajstić information content (AvgIpc) is 3.43. The predicted molar refractivity (Wildman–Crippen MR) is 94.9 cm³/mol. The molecule has 1 saturated carbocycles. The lowest BCUT2D eigenvalue weighted by molar-refractivity contribution is -0.148. The first-order valence-corrected chi connectivity index (χ1v) is 8.88. The van der Waals surface area contributed by atoms with Crippen molar-refractivity contribution in [3.05, 3.63) is 54.1 Å². The van der Waals surface area contributed by atoms with Gasteiger partial charge in [0.05, 0.1) is 12.6 Å². The number of carbonyl (C=O) groups is 2. The van der Waals surface area contributed by atoms with Gasteiger partial charge in [-0.05, 0) is 54.2 Å². The Hall–Kier alpha value is -2.62. The second-order valence-electron chi connectivity index (χ2n) is 6.77. The summed E-state index contributed by atoms with van der Waals surface area (Å²) in [6.45, 7) is 0.356. The molecule has 2 aliphatic rings. The molecule has 1 aliphatic carbocycles. The topological polar surface area (TPSA) is 46.6 Å². The molecule has 0 spiro atoms. The first-order valence-electron chi connectivity index (χ1n) is 8.88. The van der Waals surface area contributed by atoms with Crippen LogP contribution in [0.4, 0.5) is 0 Å². The molecule has 0 aromatic heterocycles. The van der Waals surface area contributed by atoms with Gasteiger partial charge < -0.3 is 4.74 Å². The van der Waals surface area contributed by atoms with E-state index in [0.717, 1.165) is 35.3 Å². The van der Waals surface area contributed by atoms with E-state index in [1.807, 2.05) is 48.5 Å². The molecule has 0 atom stereocenters. The van der Waals surface area contributed by atoms with E-state index >= 15 is 0 Å². The van der Waals surface area contributed by atoms with Gasteiger partial charge in [-0.3, -0.25) is 14.5 Å². The molecule has 2 aromatic rings. The maximum absolute atomic E-state index is 12.0. The van der Waals surface area contributed by atoms with E-state index in [1.165, 1.54) is 4.90 Å². The lowest BCUT2D eigenvalue weighted by Gasteiger charge is -2.25. The summed E-state index contributed by atoms with van der Waals surface area (Å²) in [6, 6.07) is 16.1. The number of nitrogens with zero attached hydrogens (tertiary/aromatic N) is 1. The minimum absolute atomic E-state index is 0.0665. The zero-order chi connectivity index (χ0) is 17.2. The van der Waals surface area contributed by atoms with E-state index in [-0.39, 0.29) is 11.8 Å². The molecule has 128 valence electrons. The fraction of sp³-hybridized carbons (Fsp3) is 0.333. The zero-order valence-electron chi connectivity index (χ0n) is 14.1. The molecule has 2 aromatic carbocycles. The summed E-state index contributed by atoms with van der Waals surface area (Å²) in [5.74, 6) is 0.776. The van der Waals surface area contributed by atoms with Gasteiger partial charge in [0.25, 0.3) is 0 Å². The minimum atomic E-state index is -0.0665. The molecule has 1 saturated heterocycles. The van der Waals surface area contributed by atoms with Crippen LogP contribution in [0, 0.1) is 0 Å².